The fourth-order valence-corrected chi connectivity index (χ4v) is 3.15. The zero-order chi connectivity index (χ0) is 14.4. The van der Waals surface area contributed by atoms with Gasteiger partial charge in [-0.2, -0.15) is 0 Å². The van der Waals surface area contributed by atoms with E-state index in [2.05, 4.69) is 0 Å². The molecule has 2 rings (SSSR count). The van der Waals surface area contributed by atoms with Gasteiger partial charge in [0.2, 0.25) is 0 Å². The summed E-state index contributed by atoms with van der Waals surface area (Å²) < 4.78 is 6.34. The zero-order valence-electron chi connectivity index (χ0n) is 10.7. The number of carbonyl (C=O) groups excluding carboxylic acids is 1. The average Bonchev–Trinajstić information content (AvgIpc) is 2.47. The number of hydrogen-bond donors (Lipinski definition) is 2. The zero-order valence-corrected chi connectivity index (χ0v) is 12.4. The van der Waals surface area contributed by atoms with Crippen molar-refractivity contribution >= 4 is 25.4 Å². The van der Waals surface area contributed by atoms with E-state index in [1.54, 1.807) is 0 Å². The Hall–Kier alpha value is -1.97. The van der Waals surface area contributed by atoms with Gasteiger partial charge in [-0.05, 0) is 0 Å². The summed E-state index contributed by atoms with van der Waals surface area (Å²) in [5, 5.41) is 19.6. The molecule has 104 valence electrons. The van der Waals surface area contributed by atoms with E-state index >= 15 is 0 Å². The molecule has 5 heteroatoms. The number of hydrogen-bond acceptors (Lipinski definition) is 4. The topological polar surface area (TPSA) is 66.8 Å². The van der Waals surface area contributed by atoms with Gasteiger partial charge in [-0.3, -0.25) is 0 Å². The molecule has 2 aromatic rings. The van der Waals surface area contributed by atoms with Crippen LogP contribution in [0.2, 0.25) is 5.32 Å². The van der Waals surface area contributed by atoms with Gasteiger partial charge in [0.05, 0.1) is 0 Å². The molecule has 2 aromatic carbocycles. The Morgan fingerprint density at radius 3 is 2.60 bits per heavy atom. The van der Waals surface area contributed by atoms with Crippen LogP contribution in [0.4, 0.5) is 0 Å². The van der Waals surface area contributed by atoms with E-state index in [1.807, 2.05) is 30.3 Å². The molecule has 0 aliphatic carbocycles. The van der Waals surface area contributed by atoms with Crippen LogP contribution in [0, 0.1) is 0 Å². The van der Waals surface area contributed by atoms with Crippen LogP contribution >= 0.6 is 0 Å². The summed E-state index contributed by atoms with van der Waals surface area (Å²) in [4.78, 5) is 11.7. The summed E-state index contributed by atoms with van der Waals surface area (Å²) in [5.74, 6) is -0.896. The summed E-state index contributed by atoms with van der Waals surface area (Å²) in [6.45, 7) is 0.294. The molecule has 0 fully saturated rings. The summed E-state index contributed by atoms with van der Waals surface area (Å²) in [7, 11) is 0. The molecule has 0 spiro atoms. The second-order valence-electron chi connectivity index (χ2n) is 4.00. The third-order valence-electron chi connectivity index (χ3n) is 2.53. The fourth-order valence-electron chi connectivity index (χ4n) is 1.58. The average molecular weight is 337 g/mol. The fraction of sp³-hybridized carbons (Fsp3) is 0.133. The van der Waals surface area contributed by atoms with Gasteiger partial charge in [-0.15, -0.1) is 0 Å². The van der Waals surface area contributed by atoms with Crippen LogP contribution in [-0.4, -0.2) is 37.7 Å². The first-order chi connectivity index (χ1) is 9.66. The van der Waals surface area contributed by atoms with Crippen LogP contribution in [0.15, 0.2) is 48.5 Å². The Balaban J connectivity index is 1.82. The first-order valence-corrected chi connectivity index (χ1v) is 8.10. The Kier molecular flexibility index (Phi) is 5.04. The van der Waals surface area contributed by atoms with Crippen LogP contribution < -0.4 is 4.46 Å². The second kappa shape index (κ2) is 6.98. The monoisotopic (exact) mass is 338 g/mol. The van der Waals surface area contributed by atoms with E-state index < -0.39 is 5.97 Å². The molecule has 0 aromatic heterocycles. The van der Waals surface area contributed by atoms with Crippen molar-refractivity contribution < 1.29 is 19.7 Å². The molecule has 0 atom stereocenters. The molecule has 4 nitrogen and oxygen atoms in total. The first kappa shape index (κ1) is 14.4. The van der Waals surface area contributed by atoms with Crippen molar-refractivity contribution in [1.29, 1.82) is 0 Å². The molecule has 0 radical (unpaired) electrons. The van der Waals surface area contributed by atoms with Gasteiger partial charge < -0.3 is 0 Å². The Morgan fingerprint density at radius 1 is 1.10 bits per heavy atom. The molecular weight excluding hydrogens is 323 g/mol. The van der Waals surface area contributed by atoms with Crippen LogP contribution in [0.5, 0.6) is 11.5 Å². The Morgan fingerprint density at radius 2 is 1.85 bits per heavy atom. The van der Waals surface area contributed by atoms with Crippen LogP contribution in [0.25, 0.3) is 0 Å². The number of phenols is 2. The molecule has 2 N–H and O–H groups in total. The number of aromatic hydroxyl groups is 2. The van der Waals surface area contributed by atoms with Gasteiger partial charge in [0.1, 0.15) is 0 Å². The Bertz CT molecular complexity index is 584. The van der Waals surface area contributed by atoms with Gasteiger partial charge in [0.15, 0.2) is 0 Å². The molecule has 0 saturated heterocycles. The van der Waals surface area contributed by atoms with Crippen molar-refractivity contribution in [2.45, 2.75) is 5.32 Å². The SMILES string of the molecule is O=C(OCC[Se]c1ccccc1)c1cc(O)ccc1O. The van der Waals surface area contributed by atoms with E-state index in [0.29, 0.717) is 6.61 Å². The van der Waals surface area contributed by atoms with E-state index in [1.165, 1.54) is 22.7 Å². The first-order valence-electron chi connectivity index (χ1n) is 6.04. The van der Waals surface area contributed by atoms with Gasteiger partial charge in [-0.1, -0.05) is 0 Å². The van der Waals surface area contributed by atoms with Crippen molar-refractivity contribution in [2.24, 2.45) is 0 Å². The van der Waals surface area contributed by atoms with Gasteiger partial charge in [0.25, 0.3) is 0 Å². The molecule has 0 heterocycles. The van der Waals surface area contributed by atoms with Crippen LogP contribution in [0.1, 0.15) is 10.4 Å². The number of esters is 1. The minimum atomic E-state index is -0.623. The Labute approximate surface area is 123 Å². The van der Waals surface area contributed by atoms with Gasteiger partial charge in [-0.25, -0.2) is 0 Å². The predicted octanol–water partition coefficient (Wildman–Crippen LogP) is 1.70. The summed E-state index contributed by atoms with van der Waals surface area (Å²) in [6.07, 6.45) is 0. The quantitative estimate of drug-likeness (QED) is 0.377. The number of rotatable bonds is 5. The molecule has 0 saturated carbocycles. The molecule has 0 aliphatic heterocycles. The molecule has 0 unspecified atom stereocenters. The van der Waals surface area contributed by atoms with E-state index in [9.17, 15) is 15.0 Å². The van der Waals surface area contributed by atoms with E-state index in [4.69, 9.17) is 4.74 Å². The van der Waals surface area contributed by atoms with E-state index in [0.717, 1.165) is 5.32 Å². The molecule has 0 aliphatic rings. The number of benzene rings is 2. The molecule has 0 amide bonds. The number of phenolic OH excluding ortho intramolecular Hbond substituents is 2. The maximum absolute atomic E-state index is 11.7. The van der Waals surface area contributed by atoms with Crippen molar-refractivity contribution in [2.75, 3.05) is 6.61 Å². The van der Waals surface area contributed by atoms with Crippen molar-refractivity contribution in [3.05, 3.63) is 54.1 Å². The minimum absolute atomic E-state index is 0.0165. The van der Waals surface area contributed by atoms with Crippen molar-refractivity contribution in [3.8, 4) is 11.5 Å². The third kappa shape index (κ3) is 4.02. The number of carbonyl (C=O) groups is 1. The summed E-state index contributed by atoms with van der Waals surface area (Å²) in [6, 6.07) is 13.8. The summed E-state index contributed by atoms with van der Waals surface area (Å²) in [5.41, 5.74) is -0.0165. The normalized spacial score (nSPS) is 10.2. The van der Waals surface area contributed by atoms with Crippen LogP contribution in [-0.2, 0) is 4.74 Å². The standard InChI is InChI=1S/C15H14O4Se/c16-11-6-7-14(17)13(10-11)15(18)19-8-9-20-12-4-2-1-3-5-12/h1-7,10,16-17H,8-9H2. The molecule has 20 heavy (non-hydrogen) atoms. The predicted molar refractivity (Wildman–Crippen MR) is 76.7 cm³/mol. The number of ether oxygens (including phenoxy) is 1. The third-order valence-corrected chi connectivity index (χ3v) is 4.58. The van der Waals surface area contributed by atoms with Crippen molar-refractivity contribution in [1.82, 2.24) is 0 Å². The molecular formula is C15H14O4Se. The maximum atomic E-state index is 11.7. The van der Waals surface area contributed by atoms with Gasteiger partial charge >= 0.3 is 123 Å². The van der Waals surface area contributed by atoms with Gasteiger partial charge in [0, 0.05) is 0 Å². The van der Waals surface area contributed by atoms with E-state index in [-0.39, 0.29) is 32.0 Å². The summed E-state index contributed by atoms with van der Waals surface area (Å²) >= 11 is 0.252. The van der Waals surface area contributed by atoms with Crippen molar-refractivity contribution in [3.63, 3.8) is 0 Å². The second-order valence-corrected chi connectivity index (χ2v) is 6.45. The molecule has 0 bridgehead atoms. The van der Waals surface area contributed by atoms with Crippen LogP contribution in [0.3, 0.4) is 0 Å².